The van der Waals surface area contributed by atoms with E-state index in [4.69, 9.17) is 4.42 Å². The number of fused-ring (bicyclic) bond motifs is 1. The van der Waals surface area contributed by atoms with Gasteiger partial charge in [-0.1, -0.05) is 30.0 Å². The average Bonchev–Trinajstić information content (AvgIpc) is 3.39. The fraction of sp³-hybridized carbons (Fsp3) is 0.250. The molecular weight excluding hydrogens is 346 g/mol. The van der Waals surface area contributed by atoms with Crippen molar-refractivity contribution >= 4 is 17.5 Å². The van der Waals surface area contributed by atoms with Gasteiger partial charge < -0.3 is 4.42 Å². The predicted octanol–water partition coefficient (Wildman–Crippen LogP) is 4.19. The highest BCUT2D eigenvalue weighted by Gasteiger charge is 2.18. The number of rotatable bonds is 7. The topological polar surface area (TPSA) is 60.9 Å². The molecule has 0 saturated heterocycles. The lowest BCUT2D eigenvalue weighted by molar-refractivity contribution is 0.102. The van der Waals surface area contributed by atoms with Crippen LogP contribution in [0, 0.1) is 0 Å². The van der Waals surface area contributed by atoms with E-state index < -0.39 is 0 Å². The number of benzene rings is 1. The summed E-state index contributed by atoms with van der Waals surface area (Å²) in [5.74, 6) is 1.72. The monoisotopic (exact) mass is 365 g/mol. The van der Waals surface area contributed by atoms with E-state index in [9.17, 15) is 4.79 Å². The van der Waals surface area contributed by atoms with Gasteiger partial charge in [0, 0.05) is 12.1 Å². The lowest BCUT2D eigenvalue weighted by Gasteiger charge is -2.07. The Hall–Kier alpha value is -2.60. The van der Waals surface area contributed by atoms with E-state index >= 15 is 0 Å². The Kier molecular flexibility index (Phi) is 4.75. The van der Waals surface area contributed by atoms with Gasteiger partial charge in [0.2, 0.25) is 5.82 Å². The summed E-state index contributed by atoms with van der Waals surface area (Å²) in [5, 5.41) is 9.13. The molecule has 6 heteroatoms. The zero-order chi connectivity index (χ0) is 17.9. The van der Waals surface area contributed by atoms with Crippen molar-refractivity contribution in [2.75, 3.05) is 5.75 Å². The summed E-state index contributed by atoms with van der Waals surface area (Å²) in [7, 11) is 0. The third-order valence-corrected chi connectivity index (χ3v) is 5.49. The van der Waals surface area contributed by atoms with Crippen LogP contribution in [-0.2, 0) is 19.4 Å². The molecule has 0 bridgehead atoms. The number of thioether (sulfide) groups is 1. The first-order valence-corrected chi connectivity index (χ1v) is 9.60. The van der Waals surface area contributed by atoms with Gasteiger partial charge in [0.25, 0.3) is 0 Å². The summed E-state index contributed by atoms with van der Waals surface area (Å²) in [4.78, 5) is 12.6. The summed E-state index contributed by atoms with van der Waals surface area (Å²) >= 11 is 1.39. The van der Waals surface area contributed by atoms with E-state index in [0.717, 1.165) is 18.4 Å². The molecule has 0 aliphatic heterocycles. The molecule has 26 heavy (non-hydrogen) atoms. The zero-order valence-corrected chi connectivity index (χ0v) is 15.2. The van der Waals surface area contributed by atoms with Crippen LogP contribution in [0.5, 0.6) is 0 Å². The molecule has 1 aliphatic carbocycles. The summed E-state index contributed by atoms with van der Waals surface area (Å²) in [6.07, 6.45) is 6.76. The van der Waals surface area contributed by atoms with Gasteiger partial charge in [-0.3, -0.25) is 9.36 Å². The van der Waals surface area contributed by atoms with Crippen LogP contribution < -0.4 is 0 Å². The number of nitrogens with zero attached hydrogens (tertiary/aromatic N) is 3. The molecule has 0 saturated carbocycles. The van der Waals surface area contributed by atoms with E-state index in [-0.39, 0.29) is 5.78 Å². The van der Waals surface area contributed by atoms with Gasteiger partial charge in [0.15, 0.2) is 16.7 Å². The molecule has 3 aromatic rings. The van der Waals surface area contributed by atoms with Crippen molar-refractivity contribution in [2.45, 2.75) is 31.0 Å². The molecule has 2 heterocycles. The number of carbonyl (C=O) groups excluding carboxylic acids is 1. The molecule has 0 atom stereocenters. The number of hydrogen-bond acceptors (Lipinski definition) is 5. The fourth-order valence-electron chi connectivity index (χ4n) is 3.24. The van der Waals surface area contributed by atoms with Crippen LogP contribution in [0.4, 0.5) is 0 Å². The number of hydrogen-bond donors (Lipinski definition) is 0. The van der Waals surface area contributed by atoms with Crippen LogP contribution in [0.25, 0.3) is 11.6 Å². The van der Waals surface area contributed by atoms with Crippen LogP contribution in [0.15, 0.2) is 58.8 Å². The van der Waals surface area contributed by atoms with Crippen molar-refractivity contribution < 1.29 is 9.21 Å². The van der Waals surface area contributed by atoms with Gasteiger partial charge in [-0.2, -0.15) is 0 Å². The highest BCUT2D eigenvalue weighted by molar-refractivity contribution is 7.99. The first-order valence-electron chi connectivity index (χ1n) is 8.62. The SMILES string of the molecule is C=CCn1c(SCC(=O)c2ccc3c(c2)CCC3)nnc1-c1ccco1. The quantitative estimate of drug-likeness (QED) is 0.357. The molecular formula is C20H19N3O2S. The largest absolute Gasteiger partial charge is 0.461 e. The highest BCUT2D eigenvalue weighted by atomic mass is 32.2. The smallest absolute Gasteiger partial charge is 0.200 e. The van der Waals surface area contributed by atoms with E-state index in [1.165, 1.54) is 29.3 Å². The Labute approximate surface area is 156 Å². The second-order valence-corrected chi connectivity index (χ2v) is 7.17. The fourth-order valence-corrected chi connectivity index (χ4v) is 4.08. The molecule has 0 N–H and O–H groups in total. The molecule has 1 aromatic carbocycles. The normalized spacial score (nSPS) is 12.9. The Morgan fingerprint density at radius 1 is 1.27 bits per heavy atom. The maximum atomic E-state index is 12.6. The maximum Gasteiger partial charge on any atom is 0.200 e. The van der Waals surface area contributed by atoms with Crippen LogP contribution >= 0.6 is 11.8 Å². The zero-order valence-electron chi connectivity index (χ0n) is 14.4. The van der Waals surface area contributed by atoms with Crippen LogP contribution in [-0.4, -0.2) is 26.3 Å². The lowest BCUT2D eigenvalue weighted by Crippen LogP contribution is -2.06. The molecule has 0 fully saturated rings. The van der Waals surface area contributed by atoms with E-state index in [1.807, 2.05) is 28.8 Å². The molecule has 0 amide bonds. The summed E-state index contributed by atoms with van der Waals surface area (Å²) < 4.78 is 7.33. The lowest BCUT2D eigenvalue weighted by atomic mass is 10.0. The van der Waals surface area contributed by atoms with Crippen molar-refractivity contribution in [3.8, 4) is 11.6 Å². The number of carbonyl (C=O) groups is 1. The average molecular weight is 365 g/mol. The molecule has 132 valence electrons. The second-order valence-electron chi connectivity index (χ2n) is 6.23. The van der Waals surface area contributed by atoms with Crippen molar-refractivity contribution in [3.63, 3.8) is 0 Å². The van der Waals surface area contributed by atoms with Gasteiger partial charge in [-0.15, -0.1) is 16.8 Å². The Bertz CT molecular complexity index is 944. The van der Waals surface area contributed by atoms with Gasteiger partial charge in [-0.25, -0.2) is 0 Å². The number of allylic oxidation sites excluding steroid dienone is 1. The number of ketones is 1. The molecule has 0 unspecified atom stereocenters. The number of Topliss-reactive ketones (excluding diaryl/α,β-unsaturated/α-hetero) is 1. The summed E-state index contributed by atoms with van der Waals surface area (Å²) in [6, 6.07) is 9.74. The minimum atomic E-state index is 0.109. The Morgan fingerprint density at radius 2 is 2.15 bits per heavy atom. The first-order chi connectivity index (χ1) is 12.8. The molecule has 2 aromatic heterocycles. The molecule has 4 rings (SSSR count). The third kappa shape index (κ3) is 3.24. The van der Waals surface area contributed by atoms with E-state index in [1.54, 1.807) is 12.3 Å². The van der Waals surface area contributed by atoms with Gasteiger partial charge in [0.1, 0.15) is 0 Å². The van der Waals surface area contributed by atoms with Crippen molar-refractivity contribution in [3.05, 3.63) is 65.9 Å². The third-order valence-electron chi connectivity index (χ3n) is 4.52. The summed E-state index contributed by atoms with van der Waals surface area (Å²) in [6.45, 7) is 4.35. The van der Waals surface area contributed by atoms with Crippen LogP contribution in [0.2, 0.25) is 0 Å². The van der Waals surface area contributed by atoms with Crippen LogP contribution in [0.1, 0.15) is 27.9 Å². The predicted molar refractivity (Wildman–Crippen MR) is 101 cm³/mol. The van der Waals surface area contributed by atoms with Gasteiger partial charge >= 0.3 is 0 Å². The van der Waals surface area contributed by atoms with Crippen molar-refractivity contribution in [1.82, 2.24) is 14.8 Å². The first kappa shape index (κ1) is 16.8. The van der Waals surface area contributed by atoms with Gasteiger partial charge in [0.05, 0.1) is 12.0 Å². The second kappa shape index (κ2) is 7.33. The van der Waals surface area contributed by atoms with Crippen LogP contribution in [0.3, 0.4) is 0 Å². The van der Waals surface area contributed by atoms with E-state index in [0.29, 0.717) is 29.0 Å². The number of aryl methyl sites for hydroxylation is 2. The number of aromatic nitrogens is 3. The standard InChI is InChI=1S/C20H19N3O2S/c1-2-10-23-19(18-7-4-11-25-18)21-22-20(23)26-13-17(24)16-9-8-14-5-3-6-15(14)12-16/h2,4,7-9,11-12H,1,3,5-6,10,13H2. The van der Waals surface area contributed by atoms with Crippen molar-refractivity contribution in [2.24, 2.45) is 0 Å². The van der Waals surface area contributed by atoms with Crippen molar-refractivity contribution in [1.29, 1.82) is 0 Å². The minimum absolute atomic E-state index is 0.109. The minimum Gasteiger partial charge on any atom is -0.461 e. The van der Waals surface area contributed by atoms with Gasteiger partial charge in [-0.05, 0) is 48.6 Å². The highest BCUT2D eigenvalue weighted by Crippen LogP contribution is 2.26. The Balaban J connectivity index is 1.51. The van der Waals surface area contributed by atoms with E-state index in [2.05, 4.69) is 22.8 Å². The molecule has 5 nitrogen and oxygen atoms in total. The number of furan rings is 1. The Morgan fingerprint density at radius 3 is 2.96 bits per heavy atom. The maximum absolute atomic E-state index is 12.6. The summed E-state index contributed by atoms with van der Waals surface area (Å²) in [5.41, 5.74) is 3.47. The molecule has 1 aliphatic rings. The molecule has 0 radical (unpaired) electrons. The molecule has 0 spiro atoms.